The fourth-order valence-electron chi connectivity index (χ4n) is 16.5. The Morgan fingerprint density at radius 3 is 0.853 bits per heavy atom. The van der Waals surface area contributed by atoms with E-state index in [0.29, 0.717) is 28.6 Å². The molecule has 8 aromatic carbocycles. The Kier molecular flexibility index (Phi) is 24.1. The SMILES string of the molecule is c1cc2oc3ccncc3c2cn1.c1ccc2c(c1)oc1cccnc12.c1ccc2c(c1)oc1ccncc12.c1ccc2c(c1)oc1cnccc12.c1ccc2c(c1)oc1cnccc12.c1ccc2c(c1)oc1cncnc12.c1ccc2c(c1)oc1ncccc12.c1ccc2c(c1)oc1nccnc12.c1ccc2c(c1)oc1ncncc12.c1cnc2c(c1)oc1cccnc12.c1cnc2oc3ncccc3c2c1. The molecular formula is C115H71N17O11. The van der Waals surface area contributed by atoms with Crippen molar-refractivity contribution in [1.82, 2.24) is 84.7 Å². The van der Waals surface area contributed by atoms with Crippen LogP contribution >= 0.6 is 0 Å². The van der Waals surface area contributed by atoms with Crippen molar-refractivity contribution in [2.24, 2.45) is 0 Å². The van der Waals surface area contributed by atoms with Crippen molar-refractivity contribution in [2.45, 2.75) is 0 Å². The quantitative estimate of drug-likeness (QED) is 0.136. The fraction of sp³-hybridized carbons (Fsp3) is 0. The smallest absolute Gasteiger partial charge is 0.246 e. The van der Waals surface area contributed by atoms with E-state index in [1.807, 2.05) is 291 Å². The first-order chi connectivity index (χ1) is 70.9. The molecule has 0 aliphatic carbocycles. The Balaban J connectivity index is 0.0000000873. The highest BCUT2D eigenvalue weighted by molar-refractivity contribution is 6.10. The summed E-state index contributed by atoms with van der Waals surface area (Å²) in [5.74, 6) is 0. The largest absolute Gasteiger partial charge is 0.456 e. The molecule has 33 rings (SSSR count). The first-order valence-electron chi connectivity index (χ1n) is 45.0. The van der Waals surface area contributed by atoms with Gasteiger partial charge in [0.15, 0.2) is 33.5 Å². The molecule has 682 valence electrons. The summed E-state index contributed by atoms with van der Waals surface area (Å²) in [6, 6.07) is 95.9. The van der Waals surface area contributed by atoms with Gasteiger partial charge in [0.25, 0.3) is 0 Å². The molecule has 0 saturated heterocycles. The Labute approximate surface area is 805 Å². The highest BCUT2D eigenvalue weighted by atomic mass is 16.4. The molecule has 0 bridgehead atoms. The third-order valence-corrected chi connectivity index (χ3v) is 23.0. The van der Waals surface area contributed by atoms with Gasteiger partial charge in [-0.05, 0) is 170 Å². The molecule has 0 saturated carbocycles. The minimum absolute atomic E-state index is 0.601. The van der Waals surface area contributed by atoms with Gasteiger partial charge in [0.2, 0.25) is 28.6 Å². The number of rotatable bonds is 0. The topological polar surface area (TPSA) is 364 Å². The predicted molar refractivity (Wildman–Crippen MR) is 553 cm³/mol. The van der Waals surface area contributed by atoms with Crippen LogP contribution in [0.4, 0.5) is 0 Å². The van der Waals surface area contributed by atoms with E-state index >= 15 is 0 Å². The summed E-state index contributed by atoms with van der Waals surface area (Å²) in [5.41, 5.74) is 22.2. The molecule has 28 heteroatoms. The number of hydrogen-bond donors (Lipinski definition) is 0. The lowest BCUT2D eigenvalue weighted by Crippen LogP contribution is -1.74. The maximum atomic E-state index is 5.61. The molecule has 0 amide bonds. The fourth-order valence-corrected chi connectivity index (χ4v) is 16.5. The van der Waals surface area contributed by atoms with E-state index in [0.717, 1.165) is 214 Å². The highest BCUT2D eigenvalue weighted by Gasteiger charge is 2.16. The Bertz CT molecular complexity index is 7730. The molecule has 0 unspecified atom stereocenters. The molecule has 0 aliphatic rings. The van der Waals surface area contributed by atoms with E-state index in [9.17, 15) is 0 Å². The second-order valence-electron chi connectivity index (χ2n) is 31.8. The lowest BCUT2D eigenvalue weighted by Gasteiger charge is -1.84. The molecule has 28 nitrogen and oxygen atoms in total. The average Bonchev–Trinajstić information content (AvgIpc) is 1.73. The monoisotopic (exact) mass is 1870 g/mol. The van der Waals surface area contributed by atoms with Crippen LogP contribution in [0.2, 0.25) is 0 Å². The molecule has 25 heterocycles. The molecule has 143 heavy (non-hydrogen) atoms. The van der Waals surface area contributed by atoms with Gasteiger partial charge in [0.05, 0.1) is 24.0 Å². The standard InChI is InChI=1S/5C11H7NO.6C10H6N2O/c1-2-6-10-8(4-1)9-5-3-7-12-11(9)13-10;1-2-5-9-8(4-1)11-10(13-9)6-3-7-12-11;1-2-4-10-8(3-1)9-7-12-6-5-11(9)13-10;2*1-2-4-10-8(3-1)9-5-6-12-7-11(9)13-10;1-3-11-5-7-8-6-12-4-2-10(8)13-9(1)7;1-3-7-9(11-5-1)10-8(13-7)4-2-6-12-10;1-3-7-8-4-2-6-12-10(8)13-9(7)11-5-1;1-2-4-9-7(3-1)8-5-11-6-12-10(8)13-9;1-2-4-8-7(3-1)10-9(13-8)5-11-6-12-10;1-2-4-8-7(3-1)9-10(13-8)12-6-5-11-9/h5*1-7H;6*1-6H. The van der Waals surface area contributed by atoms with Crippen LogP contribution in [0.3, 0.4) is 0 Å². The number of hydrogen-bond acceptors (Lipinski definition) is 28. The average molecular weight is 1870 g/mol. The van der Waals surface area contributed by atoms with Gasteiger partial charge in [-0.1, -0.05) is 127 Å². The van der Waals surface area contributed by atoms with Crippen molar-refractivity contribution >= 4 is 243 Å². The summed E-state index contributed by atoms with van der Waals surface area (Å²) in [6.07, 6.45) is 37.9. The van der Waals surface area contributed by atoms with Gasteiger partial charge in [-0.15, -0.1) is 0 Å². The van der Waals surface area contributed by atoms with Crippen LogP contribution in [0.25, 0.3) is 243 Å². The van der Waals surface area contributed by atoms with Crippen molar-refractivity contribution in [3.63, 3.8) is 0 Å². The number of nitrogens with zero attached hydrogens (tertiary/aromatic N) is 17. The Hall–Kier alpha value is -20.5. The third-order valence-electron chi connectivity index (χ3n) is 23.0. The minimum Gasteiger partial charge on any atom is -0.456 e. The molecule has 0 spiro atoms. The van der Waals surface area contributed by atoms with E-state index in [1.54, 1.807) is 118 Å². The van der Waals surface area contributed by atoms with Crippen LogP contribution in [0.1, 0.15) is 0 Å². The van der Waals surface area contributed by atoms with Gasteiger partial charge >= 0.3 is 0 Å². The molecule has 0 radical (unpaired) electrons. The summed E-state index contributed by atoms with van der Waals surface area (Å²) < 4.78 is 61.0. The van der Waals surface area contributed by atoms with Crippen molar-refractivity contribution < 1.29 is 48.6 Å². The molecule has 25 aromatic heterocycles. The summed E-state index contributed by atoms with van der Waals surface area (Å²) in [5, 5.41) is 18.2. The summed E-state index contributed by atoms with van der Waals surface area (Å²) in [4.78, 5) is 69.7. The predicted octanol–water partition coefficient (Wildman–Crippen LogP) is 29.2. The zero-order chi connectivity index (χ0) is 95.4. The maximum absolute atomic E-state index is 5.61. The first kappa shape index (κ1) is 86.6. The van der Waals surface area contributed by atoms with Crippen LogP contribution in [0.5, 0.6) is 0 Å². The van der Waals surface area contributed by atoms with E-state index in [-0.39, 0.29) is 0 Å². The first-order valence-corrected chi connectivity index (χ1v) is 45.0. The zero-order valence-corrected chi connectivity index (χ0v) is 75.1. The molecule has 0 fully saturated rings. The number of aromatic nitrogens is 17. The lowest BCUT2D eigenvalue weighted by atomic mass is 10.2. The molecule has 33 aromatic rings. The van der Waals surface area contributed by atoms with Gasteiger partial charge in [-0.25, -0.2) is 44.9 Å². The van der Waals surface area contributed by atoms with E-state index < -0.39 is 0 Å². The zero-order valence-electron chi connectivity index (χ0n) is 75.1. The van der Waals surface area contributed by atoms with Gasteiger partial charge in [0, 0.05) is 192 Å². The Morgan fingerprint density at radius 1 is 0.112 bits per heavy atom. The molecule has 0 aliphatic heterocycles. The van der Waals surface area contributed by atoms with Crippen LogP contribution < -0.4 is 0 Å². The van der Waals surface area contributed by atoms with Crippen molar-refractivity contribution in [1.29, 1.82) is 0 Å². The van der Waals surface area contributed by atoms with Crippen LogP contribution in [0.15, 0.2) is 482 Å². The van der Waals surface area contributed by atoms with Crippen molar-refractivity contribution in [3.05, 3.63) is 434 Å². The normalized spacial score (nSPS) is 11.1. The molecular weight excluding hydrogens is 1800 g/mol. The van der Waals surface area contributed by atoms with Gasteiger partial charge in [-0.3, -0.25) is 39.9 Å². The number of pyridine rings is 11. The van der Waals surface area contributed by atoms with E-state index in [4.69, 9.17) is 48.6 Å². The number of benzene rings is 8. The highest BCUT2D eigenvalue weighted by Crippen LogP contribution is 2.36. The van der Waals surface area contributed by atoms with E-state index in [2.05, 4.69) is 96.9 Å². The van der Waals surface area contributed by atoms with Gasteiger partial charge in [0.1, 0.15) is 102 Å². The van der Waals surface area contributed by atoms with Crippen molar-refractivity contribution in [2.75, 3.05) is 0 Å². The summed E-state index contributed by atoms with van der Waals surface area (Å²) >= 11 is 0. The summed E-state index contributed by atoms with van der Waals surface area (Å²) in [6.45, 7) is 0. The van der Waals surface area contributed by atoms with Gasteiger partial charge in [-0.2, -0.15) is 0 Å². The van der Waals surface area contributed by atoms with E-state index in [1.165, 1.54) is 12.7 Å². The summed E-state index contributed by atoms with van der Waals surface area (Å²) in [7, 11) is 0. The van der Waals surface area contributed by atoms with Crippen molar-refractivity contribution in [3.8, 4) is 0 Å². The van der Waals surface area contributed by atoms with Crippen LogP contribution in [0, 0.1) is 0 Å². The molecule has 0 N–H and O–H groups in total. The maximum Gasteiger partial charge on any atom is 0.246 e. The second kappa shape index (κ2) is 39.8. The lowest BCUT2D eigenvalue weighted by molar-refractivity contribution is 0.640. The van der Waals surface area contributed by atoms with Gasteiger partial charge < -0.3 is 48.6 Å². The number of furan rings is 11. The Morgan fingerprint density at radius 2 is 0.357 bits per heavy atom. The van der Waals surface area contributed by atoms with Crippen LogP contribution in [-0.2, 0) is 0 Å². The minimum atomic E-state index is 0.601. The number of para-hydroxylation sites is 8. The second-order valence-corrected chi connectivity index (χ2v) is 31.8. The number of fused-ring (bicyclic) bond motifs is 33. The molecule has 0 atom stereocenters. The third kappa shape index (κ3) is 18.1. The van der Waals surface area contributed by atoms with Crippen LogP contribution in [-0.4, -0.2) is 84.7 Å².